The van der Waals surface area contributed by atoms with Crippen molar-refractivity contribution < 1.29 is 35.2 Å². The molecule has 1 saturated heterocycles. The van der Waals surface area contributed by atoms with E-state index >= 15 is 0 Å². The van der Waals surface area contributed by atoms with Crippen molar-refractivity contribution in [2.45, 2.75) is 68.2 Å². The number of aromatic nitrogens is 1. The summed E-state index contributed by atoms with van der Waals surface area (Å²) in [7, 11) is -4.15. The Kier molecular flexibility index (Phi) is 8.05. The van der Waals surface area contributed by atoms with Gasteiger partial charge >= 0.3 is 6.18 Å². The molecule has 2 fully saturated rings. The number of terminal acetylenes is 1. The highest BCUT2D eigenvalue weighted by Crippen LogP contribution is 2.42. The summed E-state index contributed by atoms with van der Waals surface area (Å²) in [6.07, 6.45) is 4.83. The van der Waals surface area contributed by atoms with Crippen molar-refractivity contribution in [3.05, 3.63) is 58.9 Å². The van der Waals surface area contributed by atoms with Gasteiger partial charge in [-0.15, -0.1) is 12.8 Å². The Morgan fingerprint density at radius 3 is 2.28 bits per heavy atom. The average molecular weight is 530 g/mol. The number of nitrogens with zero attached hydrogens (tertiary/aromatic N) is 2. The first-order chi connectivity index (χ1) is 16.9. The van der Waals surface area contributed by atoms with Crippen LogP contribution in [0.25, 0.3) is 0 Å². The summed E-state index contributed by atoms with van der Waals surface area (Å²) in [4.78, 5) is 16.1. The number of benzene rings is 1. The lowest BCUT2D eigenvalue weighted by Gasteiger charge is -2.27. The van der Waals surface area contributed by atoms with Crippen LogP contribution in [-0.2, 0) is 27.5 Å². The van der Waals surface area contributed by atoms with E-state index in [1.165, 1.54) is 0 Å². The van der Waals surface area contributed by atoms with Crippen molar-refractivity contribution in [1.29, 1.82) is 0 Å². The lowest BCUT2D eigenvalue weighted by atomic mass is 10.1. The van der Waals surface area contributed by atoms with Gasteiger partial charge in [-0.05, 0) is 62.9 Å². The van der Waals surface area contributed by atoms with Crippen LogP contribution in [0.5, 0.6) is 0 Å². The molecule has 1 amide bonds. The highest BCUT2D eigenvalue weighted by atomic mass is 32.2. The Balaban J connectivity index is 0.00000176. The van der Waals surface area contributed by atoms with Gasteiger partial charge in [0.15, 0.2) is 0 Å². The largest absolute Gasteiger partial charge is 0.433 e. The van der Waals surface area contributed by atoms with Gasteiger partial charge in [-0.2, -0.15) is 17.5 Å². The van der Waals surface area contributed by atoms with Gasteiger partial charge in [0.25, 0.3) is 0 Å². The zero-order valence-corrected chi connectivity index (χ0v) is 20.0. The monoisotopic (exact) mass is 529 g/mol. The summed E-state index contributed by atoms with van der Waals surface area (Å²) in [5.74, 6) is -2.66. The molecule has 4 rings (SSSR count). The molecule has 2 aliphatic rings. The number of rotatable bonds is 6. The highest BCUT2D eigenvalue weighted by molar-refractivity contribution is 7.89. The van der Waals surface area contributed by atoms with Crippen LogP contribution >= 0.6 is 0 Å². The maximum absolute atomic E-state index is 14.8. The van der Waals surface area contributed by atoms with Crippen LogP contribution in [0, 0.1) is 24.5 Å². The summed E-state index contributed by atoms with van der Waals surface area (Å²) in [5.41, 5.74) is -1.87. The van der Waals surface area contributed by atoms with Crippen molar-refractivity contribution >= 4 is 15.9 Å². The van der Waals surface area contributed by atoms with Crippen LogP contribution in [0.4, 0.5) is 22.0 Å². The van der Waals surface area contributed by atoms with E-state index in [1.807, 2.05) is 0 Å². The van der Waals surface area contributed by atoms with Gasteiger partial charge in [0.1, 0.15) is 23.4 Å². The molecule has 1 aliphatic carbocycles. The second-order valence-corrected chi connectivity index (χ2v) is 10.4. The Labute approximate surface area is 206 Å². The first-order valence-corrected chi connectivity index (χ1v) is 12.5. The standard InChI is InChI=1S/C22H22F5N3O3S.C2H2/c1-12-2-9-17(30(12)34(32,33)16-7-5-15(23)6-8-16)21(31)28-11-14-10-18(22(25,26)27)29-20(19(14)24)13-3-4-13;1-2/h5-8,10,12-13,17H,2-4,9,11H2,1H3,(H,28,31);1-2H/t12-,17-;/m0./s1. The van der Waals surface area contributed by atoms with Gasteiger partial charge in [0, 0.05) is 24.1 Å². The zero-order valence-electron chi connectivity index (χ0n) is 19.2. The number of halogens is 5. The third kappa shape index (κ3) is 5.68. The number of hydrogen-bond donors (Lipinski definition) is 1. The van der Waals surface area contributed by atoms with E-state index in [-0.39, 0.29) is 28.5 Å². The summed E-state index contributed by atoms with van der Waals surface area (Å²) >= 11 is 0. The molecule has 2 aromatic rings. The minimum absolute atomic E-state index is 0.174. The van der Waals surface area contributed by atoms with Crippen LogP contribution in [0.2, 0.25) is 0 Å². The van der Waals surface area contributed by atoms with Crippen molar-refractivity contribution in [3.63, 3.8) is 0 Å². The Morgan fingerprint density at radius 1 is 1.11 bits per heavy atom. The van der Waals surface area contributed by atoms with E-state index in [0.717, 1.165) is 28.6 Å². The number of nitrogens with one attached hydrogen (secondary N) is 1. The maximum Gasteiger partial charge on any atom is 0.433 e. The molecule has 1 aliphatic heterocycles. The molecule has 194 valence electrons. The van der Waals surface area contributed by atoms with E-state index in [4.69, 9.17) is 0 Å². The summed E-state index contributed by atoms with van der Waals surface area (Å²) in [6, 6.07) is 3.05. The predicted molar refractivity (Wildman–Crippen MR) is 121 cm³/mol. The highest BCUT2D eigenvalue weighted by Gasteiger charge is 2.44. The van der Waals surface area contributed by atoms with E-state index in [0.29, 0.717) is 25.3 Å². The number of amides is 1. The molecule has 2 heterocycles. The van der Waals surface area contributed by atoms with Crippen LogP contribution in [0.3, 0.4) is 0 Å². The van der Waals surface area contributed by atoms with E-state index in [2.05, 4.69) is 23.1 Å². The Morgan fingerprint density at radius 2 is 1.72 bits per heavy atom. The molecule has 1 aromatic carbocycles. The van der Waals surface area contributed by atoms with Gasteiger partial charge in [-0.25, -0.2) is 22.2 Å². The quantitative estimate of drug-likeness (QED) is 0.446. The normalized spacial score (nSPS) is 20.4. The molecule has 2 atom stereocenters. The van der Waals surface area contributed by atoms with Crippen LogP contribution in [-0.4, -0.2) is 35.7 Å². The van der Waals surface area contributed by atoms with Crippen LogP contribution in [0.1, 0.15) is 55.5 Å². The second kappa shape index (κ2) is 10.5. The molecule has 1 N–H and O–H groups in total. The van der Waals surface area contributed by atoms with Gasteiger partial charge in [0.05, 0.1) is 10.6 Å². The number of carbonyl (C=O) groups excluding carboxylic acids is 1. The molecule has 0 spiro atoms. The molecule has 0 radical (unpaired) electrons. The Hall–Kier alpha value is -3.04. The molecule has 0 unspecified atom stereocenters. The molecule has 1 saturated carbocycles. The lowest BCUT2D eigenvalue weighted by molar-refractivity contribution is -0.141. The molecular weight excluding hydrogens is 505 g/mol. The van der Waals surface area contributed by atoms with E-state index in [9.17, 15) is 35.2 Å². The van der Waals surface area contributed by atoms with Gasteiger partial charge in [-0.1, -0.05) is 0 Å². The third-order valence-corrected chi connectivity index (χ3v) is 8.09. The SMILES string of the molecule is C#C.C[C@H]1CC[C@@H](C(=O)NCc2cc(C(F)(F)F)nc(C3CC3)c2F)N1S(=O)(=O)c1ccc(F)cc1. The molecule has 6 nitrogen and oxygen atoms in total. The van der Waals surface area contributed by atoms with E-state index < -0.39 is 58.1 Å². The first kappa shape index (κ1) is 27.5. The summed E-state index contributed by atoms with van der Waals surface area (Å²) < 4.78 is 95.0. The third-order valence-electron chi connectivity index (χ3n) is 6.06. The zero-order chi connectivity index (χ0) is 26.8. The second-order valence-electron chi connectivity index (χ2n) is 8.59. The van der Waals surface area contributed by atoms with Gasteiger partial charge in [0.2, 0.25) is 15.9 Å². The molecule has 0 bridgehead atoms. The van der Waals surface area contributed by atoms with Crippen molar-refractivity contribution in [2.75, 3.05) is 0 Å². The van der Waals surface area contributed by atoms with Crippen molar-refractivity contribution in [2.24, 2.45) is 0 Å². The van der Waals surface area contributed by atoms with Crippen molar-refractivity contribution in [1.82, 2.24) is 14.6 Å². The smallest absolute Gasteiger partial charge is 0.351 e. The summed E-state index contributed by atoms with van der Waals surface area (Å²) in [5, 5.41) is 2.39. The molecule has 1 aromatic heterocycles. The minimum Gasteiger partial charge on any atom is -0.351 e. The fourth-order valence-electron chi connectivity index (χ4n) is 4.15. The van der Waals surface area contributed by atoms with Crippen molar-refractivity contribution in [3.8, 4) is 12.8 Å². The van der Waals surface area contributed by atoms with Crippen LogP contribution < -0.4 is 5.32 Å². The number of alkyl halides is 3. The van der Waals surface area contributed by atoms with E-state index in [1.54, 1.807) is 6.92 Å². The number of carbonyl (C=O) groups is 1. The average Bonchev–Trinajstić information content (AvgIpc) is 3.59. The number of pyridine rings is 1. The lowest BCUT2D eigenvalue weighted by Crippen LogP contribution is -2.48. The molecule has 36 heavy (non-hydrogen) atoms. The predicted octanol–water partition coefficient (Wildman–Crippen LogP) is 4.36. The maximum atomic E-state index is 14.8. The molecular formula is C24H24F5N3O3S. The van der Waals surface area contributed by atoms with Gasteiger partial charge < -0.3 is 5.32 Å². The molecule has 12 heteroatoms. The van der Waals surface area contributed by atoms with Crippen LogP contribution in [0.15, 0.2) is 35.2 Å². The number of hydrogen-bond acceptors (Lipinski definition) is 4. The fourth-order valence-corrected chi connectivity index (χ4v) is 5.98. The topological polar surface area (TPSA) is 79.4 Å². The summed E-state index contributed by atoms with van der Waals surface area (Å²) in [6.45, 7) is 1.07. The van der Waals surface area contributed by atoms with Gasteiger partial charge in [-0.3, -0.25) is 4.79 Å². The minimum atomic E-state index is -4.78. The fraction of sp³-hybridized carbons (Fsp3) is 0.417. The first-order valence-electron chi connectivity index (χ1n) is 11.1. The number of sulfonamides is 1. The Bertz CT molecular complexity index is 1240.